The maximum Gasteiger partial charge on any atom is 0.253 e. The van der Waals surface area contributed by atoms with E-state index in [4.69, 9.17) is 9.47 Å². The number of nitrogens with zero attached hydrogens (tertiary/aromatic N) is 1. The van der Waals surface area contributed by atoms with Crippen molar-refractivity contribution in [3.63, 3.8) is 0 Å². The van der Waals surface area contributed by atoms with Crippen LogP contribution in [0.4, 0.5) is 0 Å². The quantitative estimate of drug-likeness (QED) is 0.757. The van der Waals surface area contributed by atoms with Gasteiger partial charge in [-0.2, -0.15) is 0 Å². The van der Waals surface area contributed by atoms with Gasteiger partial charge in [-0.25, -0.2) is 0 Å². The molecule has 0 aliphatic rings. The molecule has 1 aromatic carbocycles. The third-order valence-electron chi connectivity index (χ3n) is 3.75. The lowest BCUT2D eigenvalue weighted by Gasteiger charge is -2.11. The molecule has 0 radical (unpaired) electrons. The topological polar surface area (TPSA) is 52.0 Å². The molecule has 1 amide bonds. The SMILES string of the molecule is CCOc1ccc(CNC(=O)c2cc3ccccn3c2)cc1OC. The zero-order chi connectivity index (χ0) is 16.9. The van der Waals surface area contributed by atoms with Gasteiger partial charge in [0, 0.05) is 24.5 Å². The average molecular weight is 324 g/mol. The first-order valence-corrected chi connectivity index (χ1v) is 7.86. The predicted octanol–water partition coefficient (Wildman–Crippen LogP) is 3.28. The van der Waals surface area contributed by atoms with E-state index in [2.05, 4.69) is 5.32 Å². The van der Waals surface area contributed by atoms with Gasteiger partial charge in [0.25, 0.3) is 5.91 Å². The number of carbonyl (C=O) groups is 1. The summed E-state index contributed by atoms with van der Waals surface area (Å²) in [5, 5.41) is 2.93. The number of benzene rings is 1. The van der Waals surface area contributed by atoms with Crippen molar-refractivity contribution in [3.8, 4) is 11.5 Å². The molecule has 3 aromatic rings. The van der Waals surface area contributed by atoms with Crippen LogP contribution in [0.15, 0.2) is 54.9 Å². The number of ether oxygens (including phenoxy) is 2. The van der Waals surface area contributed by atoms with Gasteiger partial charge in [0.05, 0.1) is 19.3 Å². The summed E-state index contributed by atoms with van der Waals surface area (Å²) in [6.07, 6.45) is 3.74. The highest BCUT2D eigenvalue weighted by atomic mass is 16.5. The summed E-state index contributed by atoms with van der Waals surface area (Å²) in [5.74, 6) is 1.26. The second kappa shape index (κ2) is 7.08. The first-order chi connectivity index (χ1) is 11.7. The van der Waals surface area contributed by atoms with Crippen molar-refractivity contribution in [1.29, 1.82) is 0 Å². The molecular formula is C19H20N2O3. The number of hydrogen-bond acceptors (Lipinski definition) is 3. The summed E-state index contributed by atoms with van der Waals surface area (Å²) in [5.41, 5.74) is 2.58. The molecule has 2 aromatic heterocycles. The van der Waals surface area contributed by atoms with Gasteiger partial charge < -0.3 is 19.2 Å². The molecule has 0 spiro atoms. The van der Waals surface area contributed by atoms with E-state index in [0.717, 1.165) is 11.1 Å². The number of nitrogens with one attached hydrogen (secondary N) is 1. The highest BCUT2D eigenvalue weighted by Gasteiger charge is 2.10. The lowest BCUT2D eigenvalue weighted by atomic mass is 10.2. The van der Waals surface area contributed by atoms with Crippen molar-refractivity contribution >= 4 is 11.4 Å². The number of methoxy groups -OCH3 is 1. The summed E-state index contributed by atoms with van der Waals surface area (Å²) in [7, 11) is 1.60. The van der Waals surface area contributed by atoms with E-state index in [-0.39, 0.29) is 5.91 Å². The molecule has 24 heavy (non-hydrogen) atoms. The molecule has 0 atom stereocenters. The van der Waals surface area contributed by atoms with Gasteiger partial charge in [0.15, 0.2) is 11.5 Å². The standard InChI is InChI=1S/C19H20N2O3/c1-3-24-17-8-7-14(10-18(17)23-2)12-20-19(22)15-11-16-6-4-5-9-21(16)13-15/h4-11,13H,3,12H2,1-2H3,(H,20,22). The van der Waals surface area contributed by atoms with E-state index in [1.165, 1.54) is 0 Å². The maximum absolute atomic E-state index is 12.3. The smallest absolute Gasteiger partial charge is 0.253 e. The lowest BCUT2D eigenvalue weighted by molar-refractivity contribution is 0.0951. The summed E-state index contributed by atoms with van der Waals surface area (Å²) in [4.78, 5) is 12.3. The molecule has 124 valence electrons. The average Bonchev–Trinajstić information content (AvgIpc) is 3.05. The number of carbonyl (C=O) groups excluding carboxylic acids is 1. The molecule has 0 saturated carbocycles. The van der Waals surface area contributed by atoms with Gasteiger partial charge in [-0.15, -0.1) is 0 Å². The van der Waals surface area contributed by atoms with Crippen molar-refractivity contribution < 1.29 is 14.3 Å². The Kier molecular flexibility index (Phi) is 4.70. The maximum atomic E-state index is 12.3. The van der Waals surface area contributed by atoms with Crippen LogP contribution in [0.2, 0.25) is 0 Å². The van der Waals surface area contributed by atoms with E-state index < -0.39 is 0 Å². The number of fused-ring (bicyclic) bond motifs is 1. The second-order valence-corrected chi connectivity index (χ2v) is 5.36. The van der Waals surface area contributed by atoms with E-state index in [1.54, 1.807) is 7.11 Å². The molecular weight excluding hydrogens is 304 g/mol. The van der Waals surface area contributed by atoms with Gasteiger partial charge in [-0.3, -0.25) is 4.79 Å². The largest absolute Gasteiger partial charge is 0.493 e. The molecule has 0 unspecified atom stereocenters. The summed E-state index contributed by atoms with van der Waals surface area (Å²) < 4.78 is 12.8. The van der Waals surface area contributed by atoms with E-state index in [0.29, 0.717) is 30.2 Å². The highest BCUT2D eigenvalue weighted by Crippen LogP contribution is 2.28. The minimum absolute atomic E-state index is 0.105. The van der Waals surface area contributed by atoms with Crippen LogP contribution >= 0.6 is 0 Å². The van der Waals surface area contributed by atoms with Gasteiger partial charge in [-0.1, -0.05) is 12.1 Å². The number of aromatic nitrogens is 1. The predicted molar refractivity (Wildman–Crippen MR) is 92.7 cm³/mol. The molecule has 0 bridgehead atoms. The van der Waals surface area contributed by atoms with Gasteiger partial charge in [0.2, 0.25) is 0 Å². The molecule has 5 nitrogen and oxygen atoms in total. The normalized spacial score (nSPS) is 10.6. The van der Waals surface area contributed by atoms with Crippen molar-refractivity contribution in [3.05, 3.63) is 66.0 Å². The minimum atomic E-state index is -0.105. The van der Waals surface area contributed by atoms with Crippen molar-refractivity contribution in [2.75, 3.05) is 13.7 Å². The van der Waals surface area contributed by atoms with E-state index in [1.807, 2.05) is 66.2 Å². The van der Waals surface area contributed by atoms with Crippen molar-refractivity contribution in [2.45, 2.75) is 13.5 Å². The lowest BCUT2D eigenvalue weighted by Crippen LogP contribution is -2.22. The van der Waals surface area contributed by atoms with Crippen LogP contribution in [0.1, 0.15) is 22.8 Å². The van der Waals surface area contributed by atoms with Crippen LogP contribution in [0, 0.1) is 0 Å². The van der Waals surface area contributed by atoms with Gasteiger partial charge >= 0.3 is 0 Å². The van der Waals surface area contributed by atoms with Crippen LogP contribution in [-0.2, 0) is 6.54 Å². The second-order valence-electron chi connectivity index (χ2n) is 5.36. The monoisotopic (exact) mass is 324 g/mol. The fraction of sp³-hybridized carbons (Fsp3) is 0.211. The van der Waals surface area contributed by atoms with Crippen LogP contribution in [-0.4, -0.2) is 24.0 Å². The fourth-order valence-electron chi connectivity index (χ4n) is 2.56. The Bertz CT molecular complexity index is 822. The Morgan fingerprint density at radius 1 is 1.17 bits per heavy atom. The van der Waals surface area contributed by atoms with Crippen molar-refractivity contribution in [2.24, 2.45) is 0 Å². The number of amides is 1. The number of pyridine rings is 1. The molecule has 0 aliphatic heterocycles. The van der Waals surface area contributed by atoms with Crippen molar-refractivity contribution in [1.82, 2.24) is 9.72 Å². The number of hydrogen-bond donors (Lipinski definition) is 1. The third kappa shape index (κ3) is 3.35. The Morgan fingerprint density at radius 3 is 2.79 bits per heavy atom. The van der Waals surface area contributed by atoms with E-state index >= 15 is 0 Å². The molecule has 3 rings (SSSR count). The van der Waals surface area contributed by atoms with E-state index in [9.17, 15) is 4.79 Å². The summed E-state index contributed by atoms with van der Waals surface area (Å²) >= 11 is 0. The Morgan fingerprint density at radius 2 is 2.04 bits per heavy atom. The van der Waals surface area contributed by atoms with Gasteiger partial charge in [-0.05, 0) is 42.8 Å². The first kappa shape index (κ1) is 15.9. The third-order valence-corrected chi connectivity index (χ3v) is 3.75. The molecule has 1 N–H and O–H groups in total. The summed E-state index contributed by atoms with van der Waals surface area (Å²) in [6, 6.07) is 13.4. The fourth-order valence-corrected chi connectivity index (χ4v) is 2.56. The Hall–Kier alpha value is -2.95. The zero-order valence-electron chi connectivity index (χ0n) is 13.8. The van der Waals surface area contributed by atoms with Crippen LogP contribution in [0.5, 0.6) is 11.5 Å². The van der Waals surface area contributed by atoms with Crippen LogP contribution in [0.25, 0.3) is 5.52 Å². The molecule has 2 heterocycles. The van der Waals surface area contributed by atoms with Crippen LogP contribution < -0.4 is 14.8 Å². The Balaban J connectivity index is 1.69. The first-order valence-electron chi connectivity index (χ1n) is 7.86. The Labute approximate surface area is 140 Å². The molecule has 0 fully saturated rings. The molecule has 0 aliphatic carbocycles. The summed E-state index contributed by atoms with van der Waals surface area (Å²) in [6.45, 7) is 2.93. The zero-order valence-corrected chi connectivity index (χ0v) is 13.8. The minimum Gasteiger partial charge on any atom is -0.493 e. The van der Waals surface area contributed by atoms with Gasteiger partial charge in [0.1, 0.15) is 0 Å². The highest BCUT2D eigenvalue weighted by molar-refractivity contribution is 5.95. The number of rotatable bonds is 6. The molecule has 0 saturated heterocycles. The molecule has 5 heteroatoms. The van der Waals surface area contributed by atoms with Crippen LogP contribution in [0.3, 0.4) is 0 Å².